The van der Waals surface area contributed by atoms with E-state index in [1.807, 2.05) is 24.4 Å². The van der Waals surface area contributed by atoms with Crippen LogP contribution in [-0.2, 0) is 16.0 Å². The second-order valence-corrected chi connectivity index (χ2v) is 7.01. The molecule has 2 heterocycles. The molecular weight excluding hydrogens is 316 g/mol. The lowest BCUT2D eigenvalue weighted by Crippen LogP contribution is -2.54. The number of morpholine rings is 1. The molecule has 1 aliphatic heterocycles. The Balaban J connectivity index is 1.67. The zero-order chi connectivity index (χ0) is 17.2. The van der Waals surface area contributed by atoms with Gasteiger partial charge in [0.1, 0.15) is 0 Å². The molecule has 1 aromatic heterocycles. The van der Waals surface area contributed by atoms with Gasteiger partial charge in [-0.15, -0.1) is 0 Å². The molecule has 4 rings (SSSR count). The number of fused-ring (bicyclic) bond motifs is 2. The van der Waals surface area contributed by atoms with E-state index in [1.165, 1.54) is 12.8 Å². The number of para-hydroxylation sites is 1. The summed E-state index contributed by atoms with van der Waals surface area (Å²) in [6.45, 7) is 2.72. The molecule has 2 aliphatic rings. The summed E-state index contributed by atoms with van der Waals surface area (Å²) in [5.74, 6) is 0.146. The van der Waals surface area contributed by atoms with Crippen molar-refractivity contribution >= 4 is 16.8 Å². The predicted octanol–water partition coefficient (Wildman–Crippen LogP) is 3.07. The van der Waals surface area contributed by atoms with Gasteiger partial charge >= 0.3 is 0 Å². The van der Waals surface area contributed by atoms with E-state index in [0.717, 1.165) is 35.9 Å². The molecule has 0 unspecified atom stereocenters. The number of ether oxygens (including phenoxy) is 2. The minimum absolute atomic E-state index is 0.146. The number of hydrogen-bond acceptors (Lipinski definition) is 3. The molecule has 1 aromatic carbocycles. The number of benzene rings is 1. The van der Waals surface area contributed by atoms with Crippen molar-refractivity contribution in [3.05, 3.63) is 36.0 Å². The molecule has 1 saturated heterocycles. The first kappa shape index (κ1) is 16.6. The van der Waals surface area contributed by atoms with Crippen molar-refractivity contribution in [1.82, 2.24) is 9.47 Å². The zero-order valence-electron chi connectivity index (χ0n) is 14.8. The fourth-order valence-corrected chi connectivity index (χ4v) is 4.30. The summed E-state index contributed by atoms with van der Waals surface area (Å²) in [5, 5.41) is 1.03. The molecule has 1 aliphatic carbocycles. The number of methoxy groups -OCH3 is 1. The molecule has 0 N–H and O–H groups in total. The first-order chi connectivity index (χ1) is 12.3. The maximum Gasteiger partial charge on any atom is 0.256 e. The van der Waals surface area contributed by atoms with Crippen molar-refractivity contribution in [2.45, 2.75) is 44.4 Å². The molecule has 2 aromatic rings. The van der Waals surface area contributed by atoms with E-state index in [2.05, 4.69) is 15.5 Å². The Morgan fingerprint density at radius 2 is 2.12 bits per heavy atom. The summed E-state index contributed by atoms with van der Waals surface area (Å²) in [5.41, 5.74) is 1.90. The third-order valence-corrected chi connectivity index (χ3v) is 5.55. The first-order valence-electron chi connectivity index (χ1n) is 9.29. The fraction of sp³-hybridized carbons (Fsp3) is 0.550. The van der Waals surface area contributed by atoms with E-state index in [-0.39, 0.29) is 18.1 Å². The highest BCUT2D eigenvalue weighted by atomic mass is 16.5. The smallest absolute Gasteiger partial charge is 0.256 e. The molecule has 1 saturated carbocycles. The average Bonchev–Trinajstić information content (AvgIpc) is 3.04. The van der Waals surface area contributed by atoms with Crippen LogP contribution in [0.15, 0.2) is 30.5 Å². The van der Waals surface area contributed by atoms with Gasteiger partial charge in [0.15, 0.2) is 0 Å². The standard InChI is InChI=1S/C20H26N2O3/c1-24-12-10-21-14-16(15-6-2-3-7-17(15)21)20(23)22-11-13-25-19-9-5-4-8-18(19)22/h2-3,6-7,14,18-19H,4-5,8-13H2,1H3/t18-,19+/m1/s1. The van der Waals surface area contributed by atoms with Gasteiger partial charge in [0.05, 0.1) is 30.9 Å². The molecule has 2 fully saturated rings. The van der Waals surface area contributed by atoms with Crippen molar-refractivity contribution < 1.29 is 14.3 Å². The number of nitrogens with zero attached hydrogens (tertiary/aromatic N) is 2. The molecule has 134 valence electrons. The van der Waals surface area contributed by atoms with Crippen LogP contribution in [0, 0.1) is 0 Å². The van der Waals surface area contributed by atoms with Crippen molar-refractivity contribution in [1.29, 1.82) is 0 Å². The summed E-state index contributed by atoms with van der Waals surface area (Å²) in [7, 11) is 1.70. The Morgan fingerprint density at radius 3 is 3.00 bits per heavy atom. The minimum atomic E-state index is 0.146. The first-order valence-corrected chi connectivity index (χ1v) is 9.29. The van der Waals surface area contributed by atoms with Crippen LogP contribution in [0.2, 0.25) is 0 Å². The Hall–Kier alpha value is -1.85. The van der Waals surface area contributed by atoms with Crippen LogP contribution in [0.3, 0.4) is 0 Å². The highest BCUT2D eigenvalue weighted by molar-refractivity contribution is 6.07. The number of carbonyl (C=O) groups is 1. The summed E-state index contributed by atoms with van der Waals surface area (Å²) >= 11 is 0. The topological polar surface area (TPSA) is 43.7 Å². The van der Waals surface area contributed by atoms with Gasteiger partial charge in [-0.1, -0.05) is 31.0 Å². The Labute approximate surface area is 148 Å². The molecule has 2 atom stereocenters. The molecular formula is C20H26N2O3. The van der Waals surface area contributed by atoms with E-state index in [0.29, 0.717) is 19.8 Å². The molecule has 0 spiro atoms. The lowest BCUT2D eigenvalue weighted by Gasteiger charge is -2.43. The Kier molecular flexibility index (Phi) is 4.77. The maximum atomic E-state index is 13.4. The van der Waals surface area contributed by atoms with Crippen LogP contribution < -0.4 is 0 Å². The van der Waals surface area contributed by atoms with E-state index in [4.69, 9.17) is 9.47 Å². The SMILES string of the molecule is COCCn1cc(C(=O)N2CCO[C@H]3CCCC[C@H]32)c2ccccc21. The Bertz CT molecular complexity index is 752. The summed E-state index contributed by atoms with van der Waals surface area (Å²) < 4.78 is 13.3. The van der Waals surface area contributed by atoms with Crippen LogP contribution in [0.25, 0.3) is 10.9 Å². The van der Waals surface area contributed by atoms with E-state index < -0.39 is 0 Å². The van der Waals surface area contributed by atoms with Crippen LogP contribution in [-0.4, -0.2) is 54.4 Å². The van der Waals surface area contributed by atoms with E-state index in [9.17, 15) is 4.79 Å². The third kappa shape index (κ3) is 3.07. The van der Waals surface area contributed by atoms with Gasteiger partial charge in [0.2, 0.25) is 0 Å². The molecule has 5 heteroatoms. The van der Waals surface area contributed by atoms with Crippen LogP contribution in [0.5, 0.6) is 0 Å². The van der Waals surface area contributed by atoms with Gasteiger partial charge < -0.3 is 18.9 Å². The maximum absolute atomic E-state index is 13.4. The number of amides is 1. The number of hydrogen-bond donors (Lipinski definition) is 0. The van der Waals surface area contributed by atoms with Crippen molar-refractivity contribution in [3.8, 4) is 0 Å². The largest absolute Gasteiger partial charge is 0.383 e. The lowest BCUT2D eigenvalue weighted by molar-refractivity contribution is -0.0752. The summed E-state index contributed by atoms with van der Waals surface area (Å²) in [6.07, 6.45) is 6.74. The predicted molar refractivity (Wildman–Crippen MR) is 96.8 cm³/mol. The normalized spacial score (nSPS) is 23.6. The minimum Gasteiger partial charge on any atom is -0.383 e. The van der Waals surface area contributed by atoms with Gasteiger partial charge in [-0.2, -0.15) is 0 Å². The zero-order valence-corrected chi connectivity index (χ0v) is 14.8. The van der Waals surface area contributed by atoms with Gasteiger partial charge in [0.25, 0.3) is 5.91 Å². The molecule has 5 nitrogen and oxygen atoms in total. The number of aromatic nitrogens is 1. The second-order valence-electron chi connectivity index (χ2n) is 7.01. The second kappa shape index (κ2) is 7.18. The highest BCUT2D eigenvalue weighted by Gasteiger charge is 2.37. The molecule has 0 radical (unpaired) electrons. The van der Waals surface area contributed by atoms with Gasteiger partial charge in [-0.3, -0.25) is 4.79 Å². The fourth-order valence-electron chi connectivity index (χ4n) is 4.30. The monoisotopic (exact) mass is 342 g/mol. The van der Waals surface area contributed by atoms with Crippen molar-refractivity contribution in [2.75, 3.05) is 26.9 Å². The van der Waals surface area contributed by atoms with Gasteiger partial charge in [0, 0.05) is 37.3 Å². The highest BCUT2D eigenvalue weighted by Crippen LogP contribution is 2.31. The number of rotatable bonds is 4. The lowest BCUT2D eigenvalue weighted by atomic mass is 9.89. The summed E-state index contributed by atoms with van der Waals surface area (Å²) in [4.78, 5) is 15.4. The number of carbonyl (C=O) groups excluding carboxylic acids is 1. The quantitative estimate of drug-likeness (QED) is 0.858. The Morgan fingerprint density at radius 1 is 1.28 bits per heavy atom. The summed E-state index contributed by atoms with van der Waals surface area (Å²) in [6, 6.07) is 8.37. The average molecular weight is 342 g/mol. The van der Waals surface area contributed by atoms with Crippen LogP contribution >= 0.6 is 0 Å². The third-order valence-electron chi connectivity index (χ3n) is 5.55. The van der Waals surface area contributed by atoms with Crippen molar-refractivity contribution in [3.63, 3.8) is 0 Å². The van der Waals surface area contributed by atoms with Gasteiger partial charge in [-0.25, -0.2) is 0 Å². The van der Waals surface area contributed by atoms with E-state index >= 15 is 0 Å². The molecule has 25 heavy (non-hydrogen) atoms. The van der Waals surface area contributed by atoms with Crippen molar-refractivity contribution in [2.24, 2.45) is 0 Å². The van der Waals surface area contributed by atoms with Crippen LogP contribution in [0.4, 0.5) is 0 Å². The molecule has 0 bridgehead atoms. The van der Waals surface area contributed by atoms with Gasteiger partial charge in [-0.05, 0) is 18.9 Å². The molecule has 1 amide bonds. The van der Waals surface area contributed by atoms with Crippen LogP contribution in [0.1, 0.15) is 36.0 Å². The van der Waals surface area contributed by atoms with E-state index in [1.54, 1.807) is 7.11 Å².